The van der Waals surface area contributed by atoms with Gasteiger partial charge in [-0.25, -0.2) is 0 Å². The first-order chi connectivity index (χ1) is 14.6. The third-order valence-electron chi connectivity index (χ3n) is 5.23. The first-order valence-corrected chi connectivity index (χ1v) is 10.3. The number of carbonyl (C=O) groups is 1. The summed E-state index contributed by atoms with van der Waals surface area (Å²) in [6, 6.07) is 28.4. The molecule has 1 atom stereocenters. The standard InChI is InChI=1S/C26H22ClNO2/c27-21-11-4-10-20(17-21)26(19-7-2-1-3-8-19)28-25(30)16-15-18-9-5-13-23-22(18)12-6-14-24(23)29/h1-14,17,26,29H,15-16H2,(H,28,30). The van der Waals surface area contributed by atoms with Gasteiger partial charge in [-0.1, -0.05) is 84.4 Å². The molecule has 1 unspecified atom stereocenters. The van der Waals surface area contributed by atoms with Crippen LogP contribution in [-0.2, 0) is 11.2 Å². The lowest BCUT2D eigenvalue weighted by molar-refractivity contribution is -0.121. The Labute approximate surface area is 180 Å². The Bertz CT molecular complexity index is 1170. The van der Waals surface area contributed by atoms with Crippen molar-refractivity contribution in [2.45, 2.75) is 18.9 Å². The number of fused-ring (bicyclic) bond motifs is 1. The van der Waals surface area contributed by atoms with Crippen molar-refractivity contribution in [2.75, 3.05) is 0 Å². The summed E-state index contributed by atoms with van der Waals surface area (Å²) in [6.45, 7) is 0. The van der Waals surface area contributed by atoms with Gasteiger partial charge in [0.05, 0.1) is 6.04 Å². The Morgan fingerprint density at radius 1 is 0.833 bits per heavy atom. The predicted octanol–water partition coefficient (Wildman–Crippen LogP) is 6.04. The molecule has 0 fully saturated rings. The van der Waals surface area contributed by atoms with Crippen LogP contribution in [0.5, 0.6) is 5.75 Å². The molecule has 0 aliphatic rings. The molecular weight excluding hydrogens is 394 g/mol. The number of nitrogens with one attached hydrogen (secondary N) is 1. The van der Waals surface area contributed by atoms with Crippen LogP contribution in [0.2, 0.25) is 5.02 Å². The van der Waals surface area contributed by atoms with Crippen LogP contribution in [0.15, 0.2) is 91.0 Å². The van der Waals surface area contributed by atoms with Gasteiger partial charge in [-0.05, 0) is 46.7 Å². The number of halogens is 1. The van der Waals surface area contributed by atoms with Crippen LogP contribution in [0.4, 0.5) is 0 Å². The molecule has 1 amide bonds. The normalized spacial score (nSPS) is 11.9. The average Bonchev–Trinajstić information content (AvgIpc) is 2.77. The Morgan fingerprint density at radius 2 is 1.53 bits per heavy atom. The van der Waals surface area contributed by atoms with Crippen molar-refractivity contribution in [1.82, 2.24) is 5.32 Å². The van der Waals surface area contributed by atoms with Crippen LogP contribution in [0.3, 0.4) is 0 Å². The maximum absolute atomic E-state index is 12.9. The molecule has 4 aromatic carbocycles. The number of carbonyl (C=O) groups excluding carboxylic acids is 1. The van der Waals surface area contributed by atoms with Gasteiger partial charge in [0.1, 0.15) is 5.75 Å². The van der Waals surface area contributed by atoms with E-state index in [4.69, 9.17) is 11.6 Å². The first-order valence-electron chi connectivity index (χ1n) is 9.91. The molecule has 0 spiro atoms. The van der Waals surface area contributed by atoms with Crippen molar-refractivity contribution >= 4 is 28.3 Å². The van der Waals surface area contributed by atoms with Crippen molar-refractivity contribution in [3.8, 4) is 5.75 Å². The smallest absolute Gasteiger partial charge is 0.221 e. The molecule has 4 heteroatoms. The molecule has 0 saturated heterocycles. The van der Waals surface area contributed by atoms with Crippen LogP contribution in [0.1, 0.15) is 29.2 Å². The van der Waals surface area contributed by atoms with E-state index in [-0.39, 0.29) is 17.7 Å². The fourth-order valence-electron chi connectivity index (χ4n) is 3.75. The molecule has 0 aliphatic heterocycles. The fraction of sp³-hybridized carbons (Fsp3) is 0.115. The molecule has 150 valence electrons. The highest BCUT2D eigenvalue weighted by Gasteiger charge is 2.17. The summed E-state index contributed by atoms with van der Waals surface area (Å²) < 4.78 is 0. The number of phenols is 1. The summed E-state index contributed by atoms with van der Waals surface area (Å²) in [5.74, 6) is 0.213. The zero-order chi connectivity index (χ0) is 20.9. The second kappa shape index (κ2) is 9.02. The van der Waals surface area contributed by atoms with Crippen LogP contribution >= 0.6 is 11.6 Å². The summed E-state index contributed by atoms with van der Waals surface area (Å²) in [6.07, 6.45) is 0.933. The molecule has 0 aromatic heterocycles. The Morgan fingerprint density at radius 3 is 2.33 bits per heavy atom. The van der Waals surface area contributed by atoms with Crippen LogP contribution < -0.4 is 5.32 Å². The number of aromatic hydroxyl groups is 1. The number of hydrogen-bond acceptors (Lipinski definition) is 2. The van der Waals surface area contributed by atoms with E-state index in [9.17, 15) is 9.90 Å². The largest absolute Gasteiger partial charge is 0.507 e. The van der Waals surface area contributed by atoms with Gasteiger partial charge in [-0.15, -0.1) is 0 Å². The van der Waals surface area contributed by atoms with E-state index in [1.54, 1.807) is 6.07 Å². The van der Waals surface area contributed by atoms with Crippen molar-refractivity contribution < 1.29 is 9.90 Å². The van der Waals surface area contributed by atoms with E-state index in [1.165, 1.54) is 0 Å². The monoisotopic (exact) mass is 415 g/mol. The summed E-state index contributed by atoms with van der Waals surface area (Å²) in [4.78, 5) is 12.9. The molecule has 3 nitrogen and oxygen atoms in total. The lowest BCUT2D eigenvalue weighted by Gasteiger charge is -2.20. The van der Waals surface area contributed by atoms with Crippen LogP contribution in [0.25, 0.3) is 10.8 Å². The lowest BCUT2D eigenvalue weighted by atomic mass is 9.97. The Kier molecular flexibility index (Phi) is 6.01. The van der Waals surface area contributed by atoms with Crippen molar-refractivity contribution in [3.63, 3.8) is 0 Å². The van der Waals surface area contributed by atoms with Gasteiger partial charge in [0, 0.05) is 16.8 Å². The SMILES string of the molecule is O=C(CCc1cccc2c(O)cccc12)NC(c1ccccc1)c1cccc(Cl)c1. The Balaban J connectivity index is 1.53. The topological polar surface area (TPSA) is 49.3 Å². The summed E-state index contributed by atoms with van der Waals surface area (Å²) >= 11 is 6.19. The van der Waals surface area contributed by atoms with Crippen molar-refractivity contribution in [2.24, 2.45) is 0 Å². The molecule has 0 heterocycles. The minimum atomic E-state index is -0.269. The van der Waals surface area contributed by atoms with Crippen LogP contribution in [-0.4, -0.2) is 11.0 Å². The molecule has 2 N–H and O–H groups in total. The average molecular weight is 416 g/mol. The first kappa shape index (κ1) is 20.0. The molecule has 4 rings (SSSR count). The number of amides is 1. The zero-order valence-electron chi connectivity index (χ0n) is 16.4. The molecule has 0 saturated carbocycles. The van der Waals surface area contributed by atoms with Gasteiger partial charge >= 0.3 is 0 Å². The van der Waals surface area contributed by atoms with Crippen molar-refractivity contribution in [1.29, 1.82) is 0 Å². The number of benzene rings is 4. The maximum Gasteiger partial charge on any atom is 0.221 e. The third kappa shape index (κ3) is 4.47. The minimum Gasteiger partial charge on any atom is -0.507 e. The summed E-state index contributed by atoms with van der Waals surface area (Å²) in [5, 5.41) is 15.6. The second-order valence-corrected chi connectivity index (χ2v) is 7.69. The second-order valence-electron chi connectivity index (χ2n) is 7.26. The van der Waals surface area contributed by atoms with Gasteiger partial charge in [-0.3, -0.25) is 4.79 Å². The third-order valence-corrected chi connectivity index (χ3v) is 5.47. The van der Waals surface area contributed by atoms with Gasteiger partial charge in [-0.2, -0.15) is 0 Å². The predicted molar refractivity (Wildman–Crippen MR) is 122 cm³/mol. The summed E-state index contributed by atoms with van der Waals surface area (Å²) in [7, 11) is 0. The molecule has 4 aromatic rings. The highest BCUT2D eigenvalue weighted by Crippen LogP contribution is 2.28. The van der Waals surface area contributed by atoms with E-state index in [1.807, 2.05) is 84.9 Å². The van der Waals surface area contributed by atoms with E-state index >= 15 is 0 Å². The fourth-order valence-corrected chi connectivity index (χ4v) is 3.95. The molecule has 0 aliphatic carbocycles. The number of rotatable bonds is 6. The molecular formula is C26H22ClNO2. The lowest BCUT2D eigenvalue weighted by Crippen LogP contribution is -2.29. The molecule has 30 heavy (non-hydrogen) atoms. The van der Waals surface area contributed by atoms with E-state index < -0.39 is 0 Å². The van der Waals surface area contributed by atoms with E-state index in [0.717, 1.165) is 27.5 Å². The van der Waals surface area contributed by atoms with Gasteiger partial charge in [0.25, 0.3) is 0 Å². The van der Waals surface area contributed by atoms with Crippen LogP contribution in [0, 0.1) is 0 Å². The highest BCUT2D eigenvalue weighted by molar-refractivity contribution is 6.30. The van der Waals surface area contributed by atoms with Gasteiger partial charge in [0.15, 0.2) is 0 Å². The van der Waals surface area contributed by atoms with Gasteiger partial charge in [0.2, 0.25) is 5.91 Å². The van der Waals surface area contributed by atoms with E-state index in [2.05, 4.69) is 5.32 Å². The number of phenolic OH excluding ortho intramolecular Hbond substituents is 1. The van der Waals surface area contributed by atoms with Gasteiger partial charge < -0.3 is 10.4 Å². The molecule has 0 bridgehead atoms. The number of hydrogen-bond donors (Lipinski definition) is 2. The minimum absolute atomic E-state index is 0.0408. The highest BCUT2D eigenvalue weighted by atomic mass is 35.5. The van der Waals surface area contributed by atoms with E-state index in [0.29, 0.717) is 17.9 Å². The summed E-state index contributed by atoms with van der Waals surface area (Å²) in [5.41, 5.74) is 2.98. The zero-order valence-corrected chi connectivity index (χ0v) is 17.1. The maximum atomic E-state index is 12.9. The van der Waals surface area contributed by atoms with Crippen molar-refractivity contribution in [3.05, 3.63) is 113 Å². The number of aryl methyl sites for hydroxylation is 1. The quantitative estimate of drug-likeness (QED) is 0.403. The molecule has 0 radical (unpaired) electrons. The Hall–Kier alpha value is -3.30.